The van der Waals surface area contributed by atoms with Gasteiger partial charge in [0.15, 0.2) is 5.69 Å². The Morgan fingerprint density at radius 1 is 1.22 bits per heavy atom. The molecule has 1 aromatic carbocycles. The molecule has 0 saturated heterocycles. The Morgan fingerprint density at radius 2 is 1.89 bits per heavy atom. The van der Waals surface area contributed by atoms with E-state index in [9.17, 15) is 22.8 Å². The third kappa shape index (κ3) is 3.61. The second-order valence-electron chi connectivity index (χ2n) is 5.61. The van der Waals surface area contributed by atoms with E-state index in [1.165, 1.54) is 7.11 Å². The van der Waals surface area contributed by atoms with Crippen molar-refractivity contribution in [1.29, 1.82) is 0 Å². The molecule has 0 spiro atoms. The molecule has 11 heteroatoms. The molecule has 1 N–H and O–H groups in total. The largest absolute Gasteiger partial charge is 0.497 e. The maximum absolute atomic E-state index is 13.3. The molecule has 0 atom stereocenters. The van der Waals surface area contributed by atoms with Crippen molar-refractivity contribution >= 4 is 16.9 Å². The minimum absolute atomic E-state index is 0.0693. The summed E-state index contributed by atoms with van der Waals surface area (Å²) in [7, 11) is 1.49. The first-order valence-corrected chi connectivity index (χ1v) is 7.59. The van der Waals surface area contributed by atoms with Gasteiger partial charge in [-0.25, -0.2) is 4.68 Å². The number of methoxy groups -OCH3 is 1. The molecule has 0 aliphatic rings. The number of alkyl halides is 3. The van der Waals surface area contributed by atoms with Crippen LogP contribution in [-0.4, -0.2) is 37.7 Å². The van der Waals surface area contributed by atoms with Crippen LogP contribution in [-0.2, 0) is 24.1 Å². The summed E-state index contributed by atoms with van der Waals surface area (Å²) in [5.41, 5.74) is -2.11. The molecular formula is C16H13F3N4O4. The Bertz CT molecular complexity index is 1050. The van der Waals surface area contributed by atoms with Gasteiger partial charge >= 0.3 is 12.1 Å². The van der Waals surface area contributed by atoms with Crippen LogP contribution in [0.1, 0.15) is 11.3 Å². The summed E-state index contributed by atoms with van der Waals surface area (Å²) in [5.74, 6) is -0.806. The van der Waals surface area contributed by atoms with E-state index in [0.29, 0.717) is 16.0 Å². The van der Waals surface area contributed by atoms with Crippen molar-refractivity contribution in [3.63, 3.8) is 0 Å². The van der Waals surface area contributed by atoms with Crippen molar-refractivity contribution < 1.29 is 27.8 Å². The normalized spacial score (nSPS) is 11.7. The molecule has 0 fully saturated rings. The van der Waals surface area contributed by atoms with E-state index < -0.39 is 35.3 Å². The molecule has 2 heterocycles. The fourth-order valence-electron chi connectivity index (χ4n) is 2.59. The third-order valence-corrected chi connectivity index (χ3v) is 3.80. The Labute approximate surface area is 149 Å². The molecule has 142 valence electrons. The van der Waals surface area contributed by atoms with Crippen LogP contribution in [0.5, 0.6) is 5.75 Å². The van der Waals surface area contributed by atoms with E-state index in [2.05, 4.69) is 10.2 Å². The van der Waals surface area contributed by atoms with Crippen molar-refractivity contribution in [3.8, 4) is 5.75 Å². The number of rotatable bonds is 5. The monoisotopic (exact) mass is 382 g/mol. The molecule has 2 aromatic heterocycles. The summed E-state index contributed by atoms with van der Waals surface area (Å²) in [5, 5.41) is 15.3. The number of carboxylic acids is 1. The molecule has 0 aliphatic heterocycles. The van der Waals surface area contributed by atoms with Crippen LogP contribution in [0.2, 0.25) is 0 Å². The van der Waals surface area contributed by atoms with Crippen LogP contribution in [0.3, 0.4) is 0 Å². The van der Waals surface area contributed by atoms with Crippen molar-refractivity contribution in [3.05, 3.63) is 52.1 Å². The molecule has 0 aliphatic carbocycles. The number of aromatic nitrogens is 4. The van der Waals surface area contributed by atoms with Crippen LogP contribution in [0, 0.1) is 0 Å². The van der Waals surface area contributed by atoms with Crippen LogP contribution in [0.15, 0.2) is 35.3 Å². The maximum Gasteiger partial charge on any atom is 0.435 e. The highest BCUT2D eigenvalue weighted by atomic mass is 19.4. The minimum Gasteiger partial charge on any atom is -0.497 e. The highest BCUT2D eigenvalue weighted by molar-refractivity contribution is 5.82. The molecule has 8 nitrogen and oxygen atoms in total. The lowest BCUT2D eigenvalue weighted by atomic mass is 10.2. The number of carbonyl (C=O) groups is 1. The molecular weight excluding hydrogens is 369 g/mol. The fourth-order valence-corrected chi connectivity index (χ4v) is 2.59. The van der Waals surface area contributed by atoms with Gasteiger partial charge in [0.2, 0.25) is 0 Å². The number of benzene rings is 1. The average Bonchev–Trinajstić information content (AvgIpc) is 2.97. The quantitative estimate of drug-likeness (QED) is 0.722. The number of hydrogen-bond acceptors (Lipinski definition) is 5. The van der Waals surface area contributed by atoms with Gasteiger partial charge in [0.25, 0.3) is 5.56 Å². The van der Waals surface area contributed by atoms with E-state index in [1.807, 2.05) is 0 Å². The SMILES string of the molecule is COc1ccc(Cn2ncc3c(c(C(F)(F)F)nn3CC(=O)O)c2=O)cc1. The minimum atomic E-state index is -4.92. The lowest BCUT2D eigenvalue weighted by Gasteiger charge is -2.07. The van der Waals surface area contributed by atoms with Crippen LogP contribution >= 0.6 is 0 Å². The maximum atomic E-state index is 13.3. The number of carboxylic acid groups (broad SMARTS) is 1. The predicted molar refractivity (Wildman–Crippen MR) is 86.5 cm³/mol. The molecule has 0 saturated carbocycles. The standard InChI is InChI=1S/C16H13F3N4O4/c1-27-10-4-2-9(3-5-10)7-23-15(26)13-11(6-20-23)22(8-12(24)25)21-14(13)16(17,18)19/h2-6H,7-8H2,1H3,(H,24,25). The van der Waals surface area contributed by atoms with Crippen LogP contribution in [0.25, 0.3) is 10.9 Å². The topological polar surface area (TPSA) is 99.2 Å². The van der Waals surface area contributed by atoms with E-state index in [0.717, 1.165) is 10.9 Å². The van der Waals surface area contributed by atoms with Gasteiger partial charge in [0.1, 0.15) is 17.7 Å². The first-order chi connectivity index (χ1) is 12.7. The summed E-state index contributed by atoms with van der Waals surface area (Å²) in [6.45, 7) is -0.892. The van der Waals surface area contributed by atoms with E-state index in [4.69, 9.17) is 9.84 Å². The molecule has 0 amide bonds. The molecule has 27 heavy (non-hydrogen) atoms. The van der Waals surface area contributed by atoms with Crippen molar-refractivity contribution in [2.75, 3.05) is 7.11 Å². The summed E-state index contributed by atoms with van der Waals surface area (Å²) in [4.78, 5) is 23.5. The lowest BCUT2D eigenvalue weighted by Crippen LogP contribution is -2.25. The van der Waals surface area contributed by atoms with E-state index in [-0.39, 0.29) is 12.1 Å². The second kappa shape index (κ2) is 6.74. The van der Waals surface area contributed by atoms with Gasteiger partial charge in [-0.05, 0) is 17.7 Å². The number of hydrogen-bond donors (Lipinski definition) is 1. The fraction of sp³-hybridized carbons (Fsp3) is 0.250. The summed E-state index contributed by atoms with van der Waals surface area (Å²) in [6.07, 6.45) is -3.91. The van der Waals surface area contributed by atoms with E-state index in [1.54, 1.807) is 24.3 Å². The zero-order valence-corrected chi connectivity index (χ0v) is 13.9. The van der Waals surface area contributed by atoms with Crippen molar-refractivity contribution in [1.82, 2.24) is 19.6 Å². The zero-order valence-electron chi connectivity index (χ0n) is 13.9. The Kier molecular flexibility index (Phi) is 4.60. The number of aliphatic carboxylic acids is 1. The average molecular weight is 382 g/mol. The van der Waals surface area contributed by atoms with Gasteiger partial charge in [-0.1, -0.05) is 12.1 Å². The molecule has 0 bridgehead atoms. The highest BCUT2D eigenvalue weighted by Crippen LogP contribution is 2.32. The molecule has 0 radical (unpaired) electrons. The third-order valence-electron chi connectivity index (χ3n) is 3.80. The van der Waals surface area contributed by atoms with Gasteiger partial charge < -0.3 is 9.84 Å². The van der Waals surface area contributed by atoms with E-state index >= 15 is 0 Å². The predicted octanol–water partition coefficient (Wildman–Crippen LogP) is 1.75. The first kappa shape index (κ1) is 18.4. The number of fused-ring (bicyclic) bond motifs is 1. The summed E-state index contributed by atoms with van der Waals surface area (Å²) < 4.78 is 46.3. The highest BCUT2D eigenvalue weighted by Gasteiger charge is 2.38. The second-order valence-corrected chi connectivity index (χ2v) is 5.61. The van der Waals surface area contributed by atoms with Crippen molar-refractivity contribution in [2.45, 2.75) is 19.3 Å². The molecule has 3 rings (SSSR count). The van der Waals surface area contributed by atoms with Crippen LogP contribution in [0.4, 0.5) is 13.2 Å². The Morgan fingerprint density at radius 3 is 2.44 bits per heavy atom. The van der Waals surface area contributed by atoms with Crippen molar-refractivity contribution in [2.24, 2.45) is 0 Å². The summed E-state index contributed by atoms with van der Waals surface area (Å²) >= 11 is 0. The van der Waals surface area contributed by atoms with Crippen LogP contribution < -0.4 is 10.3 Å². The van der Waals surface area contributed by atoms with Gasteiger partial charge in [0.05, 0.1) is 25.4 Å². The zero-order chi connectivity index (χ0) is 19.8. The smallest absolute Gasteiger partial charge is 0.435 e. The Hall–Kier alpha value is -3.37. The van der Waals surface area contributed by atoms with Gasteiger partial charge in [-0.2, -0.15) is 23.4 Å². The molecule has 3 aromatic rings. The summed E-state index contributed by atoms with van der Waals surface area (Å²) in [6, 6.07) is 6.58. The van der Waals surface area contributed by atoms with Gasteiger partial charge in [-0.15, -0.1) is 0 Å². The number of nitrogens with zero attached hydrogens (tertiary/aromatic N) is 4. The lowest BCUT2D eigenvalue weighted by molar-refractivity contribution is -0.142. The molecule has 0 unspecified atom stereocenters. The van der Waals surface area contributed by atoms with Gasteiger partial charge in [0, 0.05) is 0 Å². The van der Waals surface area contributed by atoms with Gasteiger partial charge in [-0.3, -0.25) is 14.3 Å². The first-order valence-electron chi connectivity index (χ1n) is 7.59. The number of halogens is 3. The Balaban J connectivity index is 2.12. The number of ether oxygens (including phenoxy) is 1.